The number of nitrogens with zero attached hydrogens (tertiary/aromatic N) is 2. The molecule has 2 unspecified atom stereocenters. The number of ether oxygens (including phenoxy) is 1. The van der Waals surface area contributed by atoms with Gasteiger partial charge in [-0.2, -0.15) is 4.98 Å². The third-order valence-corrected chi connectivity index (χ3v) is 4.27. The Hall–Kier alpha value is -0.920. The first-order valence-corrected chi connectivity index (χ1v) is 6.79. The first kappa shape index (κ1) is 12.1. The Kier molecular flexibility index (Phi) is 3.13. The number of hydrogen-bond donors (Lipinski definition) is 2. The first-order valence-electron chi connectivity index (χ1n) is 5.99. The van der Waals surface area contributed by atoms with Crippen molar-refractivity contribution in [2.45, 2.75) is 25.0 Å². The van der Waals surface area contributed by atoms with E-state index >= 15 is 0 Å². The highest BCUT2D eigenvalue weighted by molar-refractivity contribution is 9.10. The van der Waals surface area contributed by atoms with Crippen LogP contribution in [0.15, 0.2) is 9.27 Å². The standard InChI is InChI=1S/C11H14BrN3O3/c12-8-10(16)13-9(14-11(8)17)7-4-15-3-1-2-6(15)5-18-7/h6-7H,1-5H2,(H2,13,14,16,17). The molecule has 1 aromatic heterocycles. The highest BCUT2D eigenvalue weighted by atomic mass is 79.9. The van der Waals surface area contributed by atoms with Crippen LogP contribution in [0.3, 0.4) is 0 Å². The van der Waals surface area contributed by atoms with Crippen LogP contribution in [0.5, 0.6) is 5.88 Å². The number of hydrogen-bond acceptors (Lipinski definition) is 5. The molecule has 7 heteroatoms. The Morgan fingerprint density at radius 3 is 3.17 bits per heavy atom. The molecule has 0 amide bonds. The zero-order chi connectivity index (χ0) is 12.7. The van der Waals surface area contributed by atoms with E-state index in [0.29, 0.717) is 25.0 Å². The Bertz CT molecular complexity index is 519. The fourth-order valence-electron chi connectivity index (χ4n) is 2.60. The van der Waals surface area contributed by atoms with Crippen LogP contribution in [-0.4, -0.2) is 45.7 Å². The molecule has 0 saturated carbocycles. The minimum Gasteiger partial charge on any atom is -0.492 e. The molecule has 3 rings (SSSR count). The number of fused-ring (bicyclic) bond motifs is 1. The molecule has 0 spiro atoms. The van der Waals surface area contributed by atoms with E-state index in [1.54, 1.807) is 0 Å². The predicted octanol–water partition coefficient (Wildman–Crippen LogP) is 0.774. The number of nitrogens with one attached hydrogen (secondary N) is 1. The number of morpholine rings is 1. The van der Waals surface area contributed by atoms with Gasteiger partial charge >= 0.3 is 0 Å². The van der Waals surface area contributed by atoms with Gasteiger partial charge in [-0.15, -0.1) is 0 Å². The second kappa shape index (κ2) is 4.64. The van der Waals surface area contributed by atoms with E-state index in [1.807, 2.05) is 0 Å². The average molecular weight is 316 g/mol. The minimum absolute atomic E-state index is 0.0566. The van der Waals surface area contributed by atoms with E-state index in [4.69, 9.17) is 4.74 Å². The molecule has 2 N–H and O–H groups in total. The van der Waals surface area contributed by atoms with Crippen molar-refractivity contribution in [2.75, 3.05) is 19.7 Å². The van der Waals surface area contributed by atoms with Gasteiger partial charge < -0.3 is 14.8 Å². The van der Waals surface area contributed by atoms with Crippen molar-refractivity contribution in [3.8, 4) is 5.88 Å². The van der Waals surface area contributed by atoms with Crippen molar-refractivity contribution in [1.29, 1.82) is 0 Å². The lowest BCUT2D eigenvalue weighted by Crippen LogP contribution is -2.43. The Balaban J connectivity index is 1.85. The van der Waals surface area contributed by atoms with Crippen molar-refractivity contribution < 1.29 is 9.84 Å². The maximum Gasteiger partial charge on any atom is 0.269 e. The van der Waals surface area contributed by atoms with Crippen LogP contribution >= 0.6 is 15.9 Å². The zero-order valence-electron chi connectivity index (χ0n) is 9.73. The predicted molar refractivity (Wildman–Crippen MR) is 67.5 cm³/mol. The van der Waals surface area contributed by atoms with Crippen molar-refractivity contribution in [3.63, 3.8) is 0 Å². The summed E-state index contributed by atoms with van der Waals surface area (Å²) in [5, 5.41) is 9.55. The summed E-state index contributed by atoms with van der Waals surface area (Å²) < 4.78 is 5.78. The van der Waals surface area contributed by atoms with Gasteiger partial charge in [0, 0.05) is 12.6 Å². The molecular formula is C11H14BrN3O3. The van der Waals surface area contributed by atoms with Crippen LogP contribution in [0.2, 0.25) is 0 Å². The summed E-state index contributed by atoms with van der Waals surface area (Å²) in [6.07, 6.45) is 2.09. The van der Waals surface area contributed by atoms with E-state index in [2.05, 4.69) is 30.8 Å². The van der Waals surface area contributed by atoms with Crippen molar-refractivity contribution >= 4 is 15.9 Å². The molecule has 0 aromatic carbocycles. The van der Waals surface area contributed by atoms with Crippen molar-refractivity contribution in [2.24, 2.45) is 0 Å². The summed E-state index contributed by atoms with van der Waals surface area (Å²) >= 11 is 2.97. The fourth-order valence-corrected chi connectivity index (χ4v) is 2.79. The number of rotatable bonds is 1. The fraction of sp³-hybridized carbons (Fsp3) is 0.636. The lowest BCUT2D eigenvalue weighted by molar-refractivity contribution is -0.0544. The quantitative estimate of drug-likeness (QED) is 0.800. The van der Waals surface area contributed by atoms with E-state index in [9.17, 15) is 9.90 Å². The van der Waals surface area contributed by atoms with Crippen molar-refractivity contribution in [3.05, 3.63) is 20.7 Å². The summed E-state index contributed by atoms with van der Waals surface area (Å²) in [6.45, 7) is 2.44. The van der Waals surface area contributed by atoms with Crippen molar-refractivity contribution in [1.82, 2.24) is 14.9 Å². The third kappa shape index (κ3) is 2.06. The van der Waals surface area contributed by atoms with Gasteiger partial charge in [0.25, 0.3) is 5.56 Å². The lowest BCUT2D eigenvalue weighted by atomic mass is 10.2. The molecule has 2 saturated heterocycles. The minimum atomic E-state index is -0.385. The molecule has 2 atom stereocenters. The maximum absolute atomic E-state index is 11.6. The van der Waals surface area contributed by atoms with Crippen LogP contribution in [0, 0.1) is 0 Å². The molecule has 0 bridgehead atoms. The number of H-pyrrole nitrogens is 1. The van der Waals surface area contributed by atoms with E-state index in [1.165, 1.54) is 12.8 Å². The van der Waals surface area contributed by atoms with E-state index < -0.39 is 0 Å². The topological polar surface area (TPSA) is 78.5 Å². The molecule has 18 heavy (non-hydrogen) atoms. The first-order chi connectivity index (χ1) is 8.65. The van der Waals surface area contributed by atoms with Gasteiger partial charge in [-0.3, -0.25) is 9.69 Å². The van der Waals surface area contributed by atoms with Gasteiger partial charge in [-0.1, -0.05) is 0 Å². The number of aromatic amines is 1. The molecule has 2 fully saturated rings. The second-order valence-corrected chi connectivity index (χ2v) is 5.49. The van der Waals surface area contributed by atoms with Gasteiger partial charge in [-0.25, -0.2) is 0 Å². The monoisotopic (exact) mass is 315 g/mol. The normalized spacial score (nSPS) is 28.3. The summed E-state index contributed by atoms with van der Waals surface area (Å²) in [4.78, 5) is 20.5. The number of aromatic nitrogens is 2. The lowest BCUT2D eigenvalue weighted by Gasteiger charge is -2.34. The molecule has 2 aliphatic heterocycles. The SMILES string of the molecule is O=c1[nH]c(C2CN3CCCC3CO2)nc(O)c1Br. The molecule has 2 aliphatic rings. The second-order valence-electron chi connectivity index (χ2n) is 4.70. The largest absolute Gasteiger partial charge is 0.492 e. The summed E-state index contributed by atoms with van der Waals surface area (Å²) in [5.74, 6) is 0.104. The van der Waals surface area contributed by atoms with Gasteiger partial charge in [0.15, 0.2) is 0 Å². The van der Waals surface area contributed by atoms with Gasteiger partial charge in [0.1, 0.15) is 16.4 Å². The van der Waals surface area contributed by atoms with Gasteiger partial charge in [0.2, 0.25) is 5.88 Å². The Morgan fingerprint density at radius 1 is 1.56 bits per heavy atom. The molecule has 6 nitrogen and oxygen atoms in total. The highest BCUT2D eigenvalue weighted by Crippen LogP contribution is 2.29. The zero-order valence-corrected chi connectivity index (χ0v) is 11.3. The summed E-state index contributed by atoms with van der Waals surface area (Å²) in [6, 6.07) is 0.497. The molecule has 98 valence electrons. The molecular weight excluding hydrogens is 302 g/mol. The molecule has 3 heterocycles. The maximum atomic E-state index is 11.6. The molecule has 1 aromatic rings. The van der Waals surface area contributed by atoms with Gasteiger partial charge in [0.05, 0.1) is 6.61 Å². The van der Waals surface area contributed by atoms with Gasteiger partial charge in [-0.05, 0) is 35.3 Å². The smallest absolute Gasteiger partial charge is 0.269 e. The third-order valence-electron chi connectivity index (χ3n) is 3.56. The van der Waals surface area contributed by atoms with E-state index in [0.717, 1.165) is 6.54 Å². The Morgan fingerprint density at radius 2 is 2.39 bits per heavy atom. The summed E-state index contributed by atoms with van der Waals surface area (Å²) in [5.41, 5.74) is -0.385. The number of aromatic hydroxyl groups is 1. The van der Waals surface area contributed by atoms with Crippen LogP contribution in [0.4, 0.5) is 0 Å². The summed E-state index contributed by atoms with van der Waals surface area (Å²) in [7, 11) is 0. The van der Waals surface area contributed by atoms with Crippen LogP contribution in [0.1, 0.15) is 24.8 Å². The van der Waals surface area contributed by atoms with Crippen LogP contribution in [-0.2, 0) is 4.74 Å². The Labute approximate surface area is 112 Å². The molecule has 0 radical (unpaired) electrons. The van der Waals surface area contributed by atoms with E-state index in [-0.39, 0.29) is 22.0 Å². The average Bonchev–Trinajstić information content (AvgIpc) is 2.82. The molecule has 0 aliphatic carbocycles. The van der Waals surface area contributed by atoms with Crippen LogP contribution in [0.25, 0.3) is 0 Å². The van der Waals surface area contributed by atoms with Crippen LogP contribution < -0.4 is 5.56 Å². The number of halogens is 1. The highest BCUT2D eigenvalue weighted by Gasteiger charge is 2.34.